The lowest BCUT2D eigenvalue weighted by Gasteiger charge is -2.17. The summed E-state index contributed by atoms with van der Waals surface area (Å²) in [6.45, 7) is 7.23. The maximum absolute atomic E-state index is 12.7. The highest BCUT2D eigenvalue weighted by Gasteiger charge is 2.19. The first kappa shape index (κ1) is 23.2. The number of carbonyl (C=O) groups is 1. The molecular weight excluding hydrogens is 424 g/mol. The Balaban J connectivity index is 1.41. The molecule has 0 aliphatic rings. The van der Waals surface area contributed by atoms with Gasteiger partial charge in [0.05, 0.1) is 23.7 Å². The number of hydrogen-bond acceptors (Lipinski definition) is 4. The van der Waals surface area contributed by atoms with Crippen LogP contribution in [0.4, 0.5) is 0 Å². The molecule has 0 bridgehead atoms. The quantitative estimate of drug-likeness (QED) is 0.240. The van der Waals surface area contributed by atoms with E-state index in [9.17, 15) is 4.79 Å². The Hall–Kier alpha value is -3.93. The summed E-state index contributed by atoms with van der Waals surface area (Å²) in [4.78, 5) is 21.5. The zero-order valence-electron chi connectivity index (χ0n) is 19.5. The second-order valence-electron chi connectivity index (χ2n) is 8.20. The summed E-state index contributed by atoms with van der Waals surface area (Å²) in [5.41, 5.74) is 3.73. The molecule has 6 nitrogen and oxygen atoms in total. The molecule has 0 saturated carbocycles. The summed E-state index contributed by atoms with van der Waals surface area (Å²) in [7, 11) is 0. The van der Waals surface area contributed by atoms with Gasteiger partial charge in [0.25, 0.3) is 5.91 Å². The van der Waals surface area contributed by atoms with Crippen molar-refractivity contribution in [3.05, 3.63) is 103 Å². The fourth-order valence-electron chi connectivity index (χ4n) is 4.03. The number of carbonyl (C=O) groups excluding carboxylic acids is 1. The van der Waals surface area contributed by atoms with Gasteiger partial charge in [-0.05, 0) is 62.1 Å². The van der Waals surface area contributed by atoms with Crippen LogP contribution in [0.15, 0.2) is 85.7 Å². The molecule has 4 aromatic rings. The molecule has 0 spiro atoms. The molecule has 2 heterocycles. The topological polar surface area (TPSA) is 69.0 Å². The molecule has 6 heteroatoms. The normalized spacial score (nSPS) is 11.8. The first-order valence-corrected chi connectivity index (χ1v) is 11.6. The number of allylic oxidation sites excluding steroid dienone is 1. The molecule has 1 atom stereocenters. The van der Waals surface area contributed by atoms with Crippen molar-refractivity contribution >= 4 is 16.9 Å². The van der Waals surface area contributed by atoms with E-state index < -0.39 is 0 Å². The summed E-state index contributed by atoms with van der Waals surface area (Å²) < 4.78 is 8.25. The Kier molecular flexibility index (Phi) is 7.71. The summed E-state index contributed by atoms with van der Waals surface area (Å²) in [6.07, 6.45) is 7.76. The van der Waals surface area contributed by atoms with E-state index in [1.807, 2.05) is 49.4 Å². The number of pyridine rings is 1. The number of nitrogens with zero attached hydrogens (tertiary/aromatic N) is 3. The highest BCUT2D eigenvalue weighted by atomic mass is 16.5. The highest BCUT2D eigenvalue weighted by molar-refractivity contribution is 5.94. The zero-order valence-corrected chi connectivity index (χ0v) is 19.5. The van der Waals surface area contributed by atoms with E-state index in [2.05, 4.69) is 33.6 Å². The number of imidazole rings is 1. The highest BCUT2D eigenvalue weighted by Crippen LogP contribution is 2.23. The van der Waals surface area contributed by atoms with E-state index in [-0.39, 0.29) is 11.9 Å². The maximum Gasteiger partial charge on any atom is 0.251 e. The SMILES string of the molecule is C=CCc1ccccc1OCCCCn1c(C(C)NC(=O)c2ccncc2)nc2ccccc21. The van der Waals surface area contributed by atoms with Crippen LogP contribution < -0.4 is 10.1 Å². The van der Waals surface area contributed by atoms with Gasteiger partial charge < -0.3 is 14.6 Å². The number of aromatic nitrogens is 3. The summed E-state index contributed by atoms with van der Waals surface area (Å²) in [6, 6.07) is 19.3. The number of fused-ring (bicyclic) bond motifs is 1. The van der Waals surface area contributed by atoms with Crippen molar-refractivity contribution in [2.75, 3.05) is 6.61 Å². The second kappa shape index (κ2) is 11.3. The molecule has 1 N–H and O–H groups in total. The van der Waals surface area contributed by atoms with Crippen molar-refractivity contribution in [2.24, 2.45) is 0 Å². The van der Waals surface area contributed by atoms with Crippen molar-refractivity contribution < 1.29 is 9.53 Å². The van der Waals surface area contributed by atoms with Gasteiger partial charge in [0.15, 0.2) is 0 Å². The molecule has 4 rings (SSSR count). The van der Waals surface area contributed by atoms with Gasteiger partial charge in [-0.1, -0.05) is 36.4 Å². The Labute approximate surface area is 200 Å². The predicted molar refractivity (Wildman–Crippen MR) is 135 cm³/mol. The third-order valence-corrected chi connectivity index (χ3v) is 5.73. The Morgan fingerprint density at radius 3 is 2.68 bits per heavy atom. The largest absolute Gasteiger partial charge is 0.493 e. The molecule has 0 fully saturated rings. The molecule has 1 amide bonds. The number of hydrogen-bond donors (Lipinski definition) is 1. The average Bonchev–Trinajstić information content (AvgIpc) is 3.24. The summed E-state index contributed by atoms with van der Waals surface area (Å²) >= 11 is 0. The minimum Gasteiger partial charge on any atom is -0.493 e. The van der Waals surface area contributed by atoms with Crippen LogP contribution >= 0.6 is 0 Å². The third-order valence-electron chi connectivity index (χ3n) is 5.73. The van der Waals surface area contributed by atoms with E-state index in [1.54, 1.807) is 24.5 Å². The van der Waals surface area contributed by atoms with E-state index in [0.29, 0.717) is 12.2 Å². The predicted octanol–water partition coefficient (Wildman–Crippen LogP) is 5.51. The number of rotatable bonds is 11. The molecule has 174 valence electrons. The molecule has 2 aromatic carbocycles. The smallest absolute Gasteiger partial charge is 0.251 e. The molecule has 0 radical (unpaired) electrons. The van der Waals surface area contributed by atoms with Gasteiger partial charge in [-0.15, -0.1) is 6.58 Å². The molecule has 34 heavy (non-hydrogen) atoms. The van der Waals surface area contributed by atoms with E-state index >= 15 is 0 Å². The fourth-order valence-corrected chi connectivity index (χ4v) is 4.03. The Morgan fingerprint density at radius 2 is 1.85 bits per heavy atom. The van der Waals surface area contributed by atoms with Crippen LogP contribution in [0.2, 0.25) is 0 Å². The summed E-state index contributed by atoms with van der Waals surface area (Å²) in [5.74, 6) is 1.63. The van der Waals surface area contributed by atoms with Crippen molar-refractivity contribution in [3.8, 4) is 5.75 Å². The van der Waals surface area contributed by atoms with Crippen LogP contribution in [0.3, 0.4) is 0 Å². The van der Waals surface area contributed by atoms with Crippen LogP contribution in [0.5, 0.6) is 5.75 Å². The number of para-hydroxylation sites is 3. The maximum atomic E-state index is 12.7. The second-order valence-corrected chi connectivity index (χ2v) is 8.20. The number of aryl methyl sites for hydroxylation is 1. The van der Waals surface area contributed by atoms with E-state index in [1.165, 1.54) is 0 Å². The van der Waals surface area contributed by atoms with Crippen molar-refractivity contribution in [1.82, 2.24) is 19.9 Å². The van der Waals surface area contributed by atoms with Gasteiger partial charge in [0.2, 0.25) is 0 Å². The van der Waals surface area contributed by atoms with Crippen LogP contribution in [-0.4, -0.2) is 27.0 Å². The van der Waals surface area contributed by atoms with Crippen LogP contribution in [0, 0.1) is 0 Å². The monoisotopic (exact) mass is 454 g/mol. The van der Waals surface area contributed by atoms with Crippen molar-refractivity contribution in [3.63, 3.8) is 0 Å². The Morgan fingerprint density at radius 1 is 1.09 bits per heavy atom. The lowest BCUT2D eigenvalue weighted by molar-refractivity contribution is 0.0937. The molecular formula is C28H30N4O2. The lowest BCUT2D eigenvalue weighted by Crippen LogP contribution is -2.28. The first-order valence-electron chi connectivity index (χ1n) is 11.6. The molecule has 2 aromatic heterocycles. The van der Waals surface area contributed by atoms with Crippen LogP contribution in [-0.2, 0) is 13.0 Å². The van der Waals surface area contributed by atoms with Gasteiger partial charge in [-0.2, -0.15) is 0 Å². The summed E-state index contributed by atoms with van der Waals surface area (Å²) in [5, 5.41) is 3.07. The lowest BCUT2D eigenvalue weighted by atomic mass is 10.1. The van der Waals surface area contributed by atoms with E-state index in [0.717, 1.165) is 54.0 Å². The van der Waals surface area contributed by atoms with Gasteiger partial charge in [0.1, 0.15) is 11.6 Å². The number of ether oxygens (including phenoxy) is 1. The van der Waals surface area contributed by atoms with Crippen LogP contribution in [0.1, 0.15) is 47.6 Å². The minimum atomic E-state index is -0.241. The van der Waals surface area contributed by atoms with Crippen molar-refractivity contribution in [1.29, 1.82) is 0 Å². The average molecular weight is 455 g/mol. The Bertz CT molecular complexity index is 1250. The number of unbranched alkanes of at least 4 members (excludes halogenated alkanes) is 1. The van der Waals surface area contributed by atoms with Gasteiger partial charge in [-0.3, -0.25) is 9.78 Å². The molecule has 0 aliphatic carbocycles. The number of nitrogens with one attached hydrogen (secondary N) is 1. The first-order chi connectivity index (χ1) is 16.7. The third kappa shape index (κ3) is 5.52. The van der Waals surface area contributed by atoms with Gasteiger partial charge >= 0.3 is 0 Å². The fraction of sp³-hybridized carbons (Fsp3) is 0.250. The number of benzene rings is 2. The minimum absolute atomic E-state index is 0.139. The van der Waals surface area contributed by atoms with E-state index in [4.69, 9.17) is 9.72 Å². The van der Waals surface area contributed by atoms with Crippen LogP contribution in [0.25, 0.3) is 11.0 Å². The zero-order chi connectivity index (χ0) is 23.8. The molecule has 0 saturated heterocycles. The molecule has 1 unspecified atom stereocenters. The number of amides is 1. The molecule has 0 aliphatic heterocycles. The van der Waals surface area contributed by atoms with Gasteiger partial charge in [0, 0.05) is 24.5 Å². The van der Waals surface area contributed by atoms with Gasteiger partial charge in [-0.25, -0.2) is 4.98 Å². The standard InChI is InChI=1S/C28H30N4O2/c1-3-10-22-11-4-7-14-26(22)34-20-9-8-19-32-25-13-6-5-12-24(25)31-27(32)21(2)30-28(33)23-15-17-29-18-16-23/h3-7,11-18,21H,1,8-10,19-20H2,2H3,(H,30,33). The van der Waals surface area contributed by atoms with Crippen molar-refractivity contribution in [2.45, 2.75) is 38.8 Å².